The number of sulfonamides is 2. The second-order valence-electron chi connectivity index (χ2n) is 23.8. The fraction of sp³-hybridized carbons (Fsp3) is 0.293. The number of halogens is 9. The number of aryl methyl sites for hydroxylation is 3. The molecule has 0 fully saturated rings. The van der Waals surface area contributed by atoms with Crippen molar-refractivity contribution in [3.05, 3.63) is 228 Å². The fourth-order valence-corrected chi connectivity index (χ4v) is 12.0. The monoisotopic (exact) mass is 2030 g/mol. The van der Waals surface area contributed by atoms with Gasteiger partial charge in [-0.2, -0.15) is 41.1 Å². The van der Waals surface area contributed by atoms with E-state index >= 15 is 0 Å². The van der Waals surface area contributed by atoms with Crippen molar-refractivity contribution in [3.8, 4) is 23.0 Å². The molecule has 0 aliphatic rings. The number of nitrogens with two attached hydrogens (primary N) is 1. The third kappa shape index (κ3) is 40.6. The molecule has 0 aliphatic heterocycles. The molecule has 0 unspecified atom stereocenters. The molecule has 0 aliphatic carbocycles. The van der Waals surface area contributed by atoms with Crippen LogP contribution in [0, 0.1) is 55.7 Å². The van der Waals surface area contributed by atoms with E-state index in [0.29, 0.717) is 72.1 Å². The van der Waals surface area contributed by atoms with Crippen LogP contribution >= 0.6 is 47.8 Å². The quantitative estimate of drug-likeness (QED) is 0.00445. The Morgan fingerprint density at radius 2 is 0.864 bits per heavy atom. The Bertz CT molecular complexity index is 5080. The Balaban J connectivity index is 0.00000138. The van der Waals surface area contributed by atoms with E-state index in [1.165, 1.54) is 107 Å². The molecule has 2 heterocycles. The predicted octanol–water partition coefficient (Wildman–Crippen LogP) is 9.47. The van der Waals surface area contributed by atoms with Gasteiger partial charge in [-0.1, -0.05) is 73.9 Å². The summed E-state index contributed by atoms with van der Waals surface area (Å²) in [5.74, 6) is 1.05. The van der Waals surface area contributed by atoms with Crippen LogP contribution in [0.4, 0.5) is 26.3 Å². The number of aromatic amines is 1. The minimum atomic E-state index is -3.89. The number of benzene rings is 8. The number of aliphatic hydroxyl groups excluding tert-OH is 1. The van der Waals surface area contributed by atoms with Crippen molar-refractivity contribution < 1.29 is 202 Å². The molecule has 118 heavy (non-hydrogen) atoms. The van der Waals surface area contributed by atoms with E-state index in [2.05, 4.69) is 93.7 Å². The Morgan fingerprint density at radius 3 is 1.26 bits per heavy atom. The minimum absolute atomic E-state index is 0. The SMILES string of the molecule is CC(C)(C)[O-].COCCO.COCCOc1cc(Br)c(/C=N/NS(=O)(=O)c2ccc(C)cc2)cc1F.COCCOc1cc(Br)c(C=O)cc1F.COCCOc1cc2[nH]ncc2cc1F.COCCOc1cc2c(cnn2S(=O)(=O)c2ccc(C)cc2)cc1F.Cc1ccc(S(=O)(=O)NN)cc1.O=Cc1cc(F)c(F)cc1Br.[Cu].[K+].[O]=[Cu]. The third-order valence-electron chi connectivity index (χ3n) is 13.7. The summed E-state index contributed by atoms with van der Waals surface area (Å²) in [5.41, 5.74) is 3.85. The average Bonchev–Trinajstić information content (AvgIpc) is 1.59. The van der Waals surface area contributed by atoms with Crippen molar-refractivity contribution in [2.75, 3.05) is 102 Å². The molecular formula is C75H86Br3Cu2F6KN8O20S3. The van der Waals surface area contributed by atoms with Crippen LogP contribution in [0.3, 0.4) is 0 Å². The number of nitrogens with zero attached hydrogens (tertiary/aromatic N) is 4. The number of aromatic nitrogens is 4. The van der Waals surface area contributed by atoms with Gasteiger partial charge < -0.3 is 52.8 Å². The van der Waals surface area contributed by atoms with E-state index in [1.807, 2.05) is 20.8 Å². The molecule has 8 aromatic carbocycles. The first kappa shape index (κ1) is 112. The van der Waals surface area contributed by atoms with Gasteiger partial charge in [-0.15, -0.1) is 5.60 Å². The van der Waals surface area contributed by atoms with Crippen molar-refractivity contribution >= 4 is 118 Å². The van der Waals surface area contributed by atoms with Crippen LogP contribution in [-0.2, 0) is 90.6 Å². The molecule has 10 aromatic rings. The van der Waals surface area contributed by atoms with Gasteiger partial charge in [0.1, 0.15) is 26.4 Å². The van der Waals surface area contributed by atoms with Gasteiger partial charge in [0.2, 0.25) is 0 Å². The van der Waals surface area contributed by atoms with Crippen LogP contribution in [0.2, 0.25) is 0 Å². The molecule has 1 radical (unpaired) electrons. The van der Waals surface area contributed by atoms with Crippen LogP contribution in [0.25, 0.3) is 21.8 Å². The van der Waals surface area contributed by atoms with E-state index in [0.717, 1.165) is 49.9 Å². The first-order valence-corrected chi connectivity index (χ1v) is 40.5. The maximum absolute atomic E-state index is 14.1. The summed E-state index contributed by atoms with van der Waals surface area (Å²) < 4.78 is 206. The number of hydrogen-bond acceptors (Lipinski definition) is 24. The summed E-state index contributed by atoms with van der Waals surface area (Å²) in [6.45, 7) is 13.5. The number of fused-ring (bicyclic) bond motifs is 2. The zero-order valence-corrected chi connectivity index (χ0v) is 77.7. The number of hydrogen-bond donors (Lipinski definition) is 5. The van der Waals surface area contributed by atoms with Gasteiger partial charge in [0.05, 0.1) is 84.0 Å². The van der Waals surface area contributed by atoms with Crippen molar-refractivity contribution in [2.45, 2.75) is 61.8 Å². The van der Waals surface area contributed by atoms with Crippen molar-refractivity contribution in [3.63, 3.8) is 0 Å². The topological polar surface area (TPSA) is 389 Å². The molecule has 0 atom stereocenters. The second kappa shape index (κ2) is 58.7. The Kier molecular flexibility index (Phi) is 55.5. The molecule has 0 amide bonds. The Labute approximate surface area is 766 Å². The van der Waals surface area contributed by atoms with E-state index in [-0.39, 0.29) is 159 Å². The van der Waals surface area contributed by atoms with Gasteiger partial charge in [-0.05, 0) is 153 Å². The van der Waals surface area contributed by atoms with E-state index in [4.69, 9.17) is 52.7 Å². The van der Waals surface area contributed by atoms with Crippen LogP contribution in [-0.4, -0.2) is 176 Å². The summed E-state index contributed by atoms with van der Waals surface area (Å²) in [6, 6.07) is 31.7. The molecule has 6 N–H and O–H groups in total. The first-order valence-electron chi connectivity index (χ1n) is 33.3. The van der Waals surface area contributed by atoms with Gasteiger partial charge in [-0.25, -0.2) is 39.6 Å². The normalized spacial score (nSPS) is 10.7. The number of carbonyl (C=O) groups excluding carboxylic acids is 2. The summed E-state index contributed by atoms with van der Waals surface area (Å²) in [5, 5.41) is 33.3. The molecular weight excluding hydrogens is 1950 g/mol. The van der Waals surface area contributed by atoms with E-state index in [1.54, 1.807) is 88.5 Å². The second-order valence-corrected chi connectivity index (χ2v) is 31.5. The number of methoxy groups -OCH3 is 5. The molecule has 43 heteroatoms. The van der Waals surface area contributed by atoms with Crippen LogP contribution in [0.1, 0.15) is 63.7 Å². The van der Waals surface area contributed by atoms with Gasteiger partial charge in [0.15, 0.2) is 70.5 Å². The summed E-state index contributed by atoms with van der Waals surface area (Å²) >= 11 is 12.3. The van der Waals surface area contributed by atoms with Gasteiger partial charge in [0.25, 0.3) is 30.1 Å². The molecule has 28 nitrogen and oxygen atoms in total. The Hall–Kier alpha value is -6.30. The molecule has 0 bridgehead atoms. The number of ether oxygens (including phenoxy) is 9. The van der Waals surface area contributed by atoms with E-state index < -0.39 is 64.8 Å². The Morgan fingerprint density at radius 1 is 0.517 bits per heavy atom. The molecule has 0 saturated carbocycles. The molecule has 0 saturated heterocycles. The zero-order chi connectivity index (χ0) is 87.4. The third-order valence-corrected chi connectivity index (χ3v) is 19.8. The number of hydrazine groups is 1. The fourth-order valence-electron chi connectivity index (χ4n) is 8.05. The first-order chi connectivity index (χ1) is 54.9. The van der Waals surface area contributed by atoms with Gasteiger partial charge >= 0.3 is 71.2 Å². The van der Waals surface area contributed by atoms with Crippen molar-refractivity contribution in [1.82, 2.24) is 29.0 Å². The van der Waals surface area contributed by atoms with Gasteiger partial charge in [0, 0.05) is 106 Å². The average molecular weight is 2040 g/mol. The van der Waals surface area contributed by atoms with Crippen LogP contribution < -0.4 is 90.9 Å². The number of H-pyrrole nitrogens is 1. The number of carbonyl (C=O) groups is 2. The number of aldehydes is 2. The molecule has 650 valence electrons. The van der Waals surface area contributed by atoms with Crippen molar-refractivity contribution in [2.24, 2.45) is 10.9 Å². The standard InChI is InChI=1S/C17H18BrFN2O4S.C17H17FN2O4S.C10H10BrFO3.C10H11FN2O2.C7H3BrF2O.C7H10N2O2S.C4H9O.C3H8O2.2Cu.K.O/c1-12-3-5-14(6-4-12)26(22,23)21-20-11-13-9-16(19)17(10-15(13)18)25-8-7-24-2;1-12-3-5-14(6-4-12)25(21,22)20-16-10-17(24-8-7-23-2)15(18)9-13(16)11-19-20;1-14-2-3-15-10-5-8(11)7(6-13)4-9(10)12;1-14-2-3-15-10-5-9-7(4-8(10)11)6-12-13-9;8-5-2-7(10)6(9)1-4(5)3-11;1-6-2-4-7(5-3-6)12(10,11)9-8;1-4(2,3)5;1-5-3-2-4;;;;/h3-6,9-11,21H,7-8H2,1-2H3;3-6,9-11H,7-8H2,1-2H3;4-6H,2-3H2,1H3;4-6H,2-3H2,1H3,(H,12,13);1-3H;2-5,9H,8H2,1H3;1-3H3;4H,2-3H2,1H3;;;;/q;;;;;;-1;;;;+1;/b20-11+;;;;;;;;;;;. The van der Waals surface area contributed by atoms with E-state index in [9.17, 15) is 66.3 Å². The van der Waals surface area contributed by atoms with Gasteiger partial charge in [-0.3, -0.25) is 20.5 Å². The van der Waals surface area contributed by atoms with Crippen molar-refractivity contribution in [1.29, 1.82) is 0 Å². The maximum atomic E-state index is 14.1. The molecule has 0 spiro atoms. The number of hydrazone groups is 1. The van der Waals surface area contributed by atoms with Crippen LogP contribution in [0.15, 0.2) is 179 Å². The number of aliphatic hydroxyl groups is 1. The molecule has 10 rings (SSSR count). The van der Waals surface area contributed by atoms with Crippen LogP contribution in [0.5, 0.6) is 23.0 Å². The zero-order valence-electron chi connectivity index (χ0n) is 65.5. The molecule has 2 aromatic heterocycles. The number of nitrogens with one attached hydrogen (secondary N) is 3. The summed E-state index contributed by atoms with van der Waals surface area (Å²) in [6.07, 6.45) is 5.11. The summed E-state index contributed by atoms with van der Waals surface area (Å²) in [7, 11) is -3.49. The number of rotatable bonds is 28. The predicted molar refractivity (Wildman–Crippen MR) is 426 cm³/mol. The summed E-state index contributed by atoms with van der Waals surface area (Å²) in [4.78, 5) is 24.9.